The van der Waals surface area contributed by atoms with E-state index in [1.807, 2.05) is 32.0 Å². The van der Waals surface area contributed by atoms with Crippen LogP contribution in [0.25, 0.3) is 0 Å². The Kier molecular flexibility index (Phi) is 2.97. The fourth-order valence-corrected chi connectivity index (χ4v) is 2.08. The third-order valence-electron chi connectivity index (χ3n) is 3.05. The largest absolute Gasteiger partial charge is 0.393 e. The molecule has 0 spiro atoms. The molecule has 1 amide bonds. The molecule has 1 aliphatic rings. The van der Waals surface area contributed by atoms with Crippen molar-refractivity contribution in [1.29, 1.82) is 0 Å². The Morgan fingerprint density at radius 1 is 1.38 bits per heavy atom. The second-order valence-electron chi connectivity index (χ2n) is 4.48. The fourth-order valence-electron chi connectivity index (χ4n) is 2.08. The van der Waals surface area contributed by atoms with Crippen LogP contribution in [-0.4, -0.2) is 23.7 Å². The minimum Gasteiger partial charge on any atom is -0.393 e. The Labute approximate surface area is 95.7 Å². The third kappa shape index (κ3) is 2.09. The van der Waals surface area contributed by atoms with Gasteiger partial charge in [0.1, 0.15) is 0 Å². The Balaban J connectivity index is 2.30. The molecule has 3 nitrogen and oxygen atoms in total. The van der Waals surface area contributed by atoms with Crippen molar-refractivity contribution in [3.05, 3.63) is 29.3 Å². The van der Waals surface area contributed by atoms with Crippen LogP contribution >= 0.6 is 0 Å². The van der Waals surface area contributed by atoms with Gasteiger partial charge >= 0.3 is 0 Å². The highest BCUT2D eigenvalue weighted by atomic mass is 16.3. The molecule has 1 unspecified atom stereocenters. The predicted molar refractivity (Wildman–Crippen MR) is 63.5 cm³/mol. The summed E-state index contributed by atoms with van der Waals surface area (Å²) < 4.78 is 0. The van der Waals surface area contributed by atoms with Gasteiger partial charge in [0, 0.05) is 12.2 Å². The van der Waals surface area contributed by atoms with Crippen molar-refractivity contribution in [2.45, 2.75) is 32.8 Å². The number of hydrogen-bond acceptors (Lipinski definition) is 2. The monoisotopic (exact) mass is 219 g/mol. The van der Waals surface area contributed by atoms with Crippen LogP contribution in [0.4, 0.5) is 5.69 Å². The zero-order valence-electron chi connectivity index (χ0n) is 9.73. The number of nitrogens with zero attached hydrogens (tertiary/aromatic N) is 1. The lowest BCUT2D eigenvalue weighted by atomic mass is 10.0. The highest BCUT2D eigenvalue weighted by molar-refractivity contribution is 5.95. The molecule has 1 aliphatic heterocycles. The molecular weight excluding hydrogens is 202 g/mol. The highest BCUT2D eigenvalue weighted by Crippen LogP contribution is 2.25. The molecule has 1 saturated heterocycles. The van der Waals surface area contributed by atoms with E-state index >= 15 is 0 Å². The lowest BCUT2D eigenvalue weighted by Crippen LogP contribution is -2.41. The summed E-state index contributed by atoms with van der Waals surface area (Å²) in [5, 5.41) is 9.42. The topological polar surface area (TPSA) is 40.5 Å². The van der Waals surface area contributed by atoms with Crippen LogP contribution in [0.5, 0.6) is 0 Å². The number of carbonyl (C=O) groups is 1. The summed E-state index contributed by atoms with van der Waals surface area (Å²) in [6, 6.07) is 6.11. The Morgan fingerprint density at radius 3 is 2.81 bits per heavy atom. The molecule has 0 radical (unpaired) electrons. The quantitative estimate of drug-likeness (QED) is 0.782. The van der Waals surface area contributed by atoms with Crippen LogP contribution in [0, 0.1) is 13.8 Å². The minimum absolute atomic E-state index is 0.0208. The van der Waals surface area contributed by atoms with Gasteiger partial charge in [0.25, 0.3) is 0 Å². The van der Waals surface area contributed by atoms with Crippen molar-refractivity contribution in [3.63, 3.8) is 0 Å². The number of rotatable bonds is 1. The zero-order valence-corrected chi connectivity index (χ0v) is 9.73. The van der Waals surface area contributed by atoms with Gasteiger partial charge in [-0.3, -0.25) is 4.79 Å². The summed E-state index contributed by atoms with van der Waals surface area (Å²) >= 11 is 0. The molecule has 0 bridgehead atoms. The van der Waals surface area contributed by atoms with Crippen molar-refractivity contribution in [1.82, 2.24) is 0 Å². The lowest BCUT2D eigenvalue weighted by molar-refractivity contribution is -0.122. The number of amides is 1. The molecular formula is C13H17NO2. The zero-order chi connectivity index (χ0) is 11.7. The van der Waals surface area contributed by atoms with E-state index in [1.165, 1.54) is 0 Å². The Bertz CT molecular complexity index is 414. The smallest absolute Gasteiger partial charge is 0.229 e. The maximum absolute atomic E-state index is 11.8. The first-order valence-corrected chi connectivity index (χ1v) is 5.63. The SMILES string of the molecule is Cc1ccc(C)c(N2CCC(O)CC2=O)c1. The molecule has 1 N–H and O–H groups in total. The molecule has 1 heterocycles. The number of aliphatic hydroxyl groups is 1. The normalized spacial score (nSPS) is 21.3. The minimum atomic E-state index is -0.464. The molecule has 0 aliphatic carbocycles. The molecule has 1 atom stereocenters. The first-order chi connectivity index (χ1) is 7.58. The van der Waals surface area contributed by atoms with Crippen molar-refractivity contribution >= 4 is 11.6 Å². The summed E-state index contributed by atoms with van der Waals surface area (Å²) in [6.45, 7) is 4.64. The average Bonchev–Trinajstić information content (AvgIpc) is 2.22. The second-order valence-corrected chi connectivity index (χ2v) is 4.48. The van der Waals surface area contributed by atoms with Crippen molar-refractivity contribution in [2.24, 2.45) is 0 Å². The van der Waals surface area contributed by atoms with E-state index in [9.17, 15) is 9.90 Å². The molecule has 0 aromatic heterocycles. The number of hydrogen-bond donors (Lipinski definition) is 1. The van der Waals surface area contributed by atoms with Crippen LogP contribution in [0.3, 0.4) is 0 Å². The van der Waals surface area contributed by atoms with Crippen LogP contribution in [0.2, 0.25) is 0 Å². The van der Waals surface area contributed by atoms with Gasteiger partial charge < -0.3 is 10.0 Å². The molecule has 1 aromatic carbocycles. The molecule has 3 heteroatoms. The van der Waals surface area contributed by atoms with Crippen molar-refractivity contribution in [3.8, 4) is 0 Å². The number of piperidine rings is 1. The molecule has 16 heavy (non-hydrogen) atoms. The average molecular weight is 219 g/mol. The van der Waals surface area contributed by atoms with Crippen LogP contribution in [0.1, 0.15) is 24.0 Å². The maximum Gasteiger partial charge on any atom is 0.229 e. The van der Waals surface area contributed by atoms with Gasteiger partial charge in [-0.1, -0.05) is 12.1 Å². The van der Waals surface area contributed by atoms with Gasteiger partial charge in [0.2, 0.25) is 5.91 Å². The number of benzene rings is 1. The van der Waals surface area contributed by atoms with E-state index in [0.717, 1.165) is 16.8 Å². The number of carbonyl (C=O) groups excluding carboxylic acids is 1. The Morgan fingerprint density at radius 2 is 2.12 bits per heavy atom. The predicted octanol–water partition coefficient (Wildman–Crippen LogP) is 1.79. The van der Waals surface area contributed by atoms with Gasteiger partial charge in [0.05, 0.1) is 12.5 Å². The van der Waals surface area contributed by atoms with Crippen LogP contribution in [0.15, 0.2) is 18.2 Å². The lowest BCUT2D eigenvalue weighted by Gasteiger charge is -2.30. The summed E-state index contributed by atoms with van der Waals surface area (Å²) in [7, 11) is 0. The summed E-state index contributed by atoms with van der Waals surface area (Å²) in [4.78, 5) is 13.6. The molecule has 2 rings (SSSR count). The molecule has 1 aromatic rings. The molecule has 1 fully saturated rings. The second kappa shape index (κ2) is 4.26. The first kappa shape index (κ1) is 11.1. The third-order valence-corrected chi connectivity index (χ3v) is 3.05. The van der Waals surface area contributed by atoms with E-state index in [0.29, 0.717) is 13.0 Å². The van der Waals surface area contributed by atoms with Gasteiger partial charge in [0.15, 0.2) is 0 Å². The highest BCUT2D eigenvalue weighted by Gasteiger charge is 2.26. The van der Waals surface area contributed by atoms with Gasteiger partial charge in [-0.05, 0) is 37.5 Å². The molecule has 0 saturated carbocycles. The molecule has 86 valence electrons. The summed E-state index contributed by atoms with van der Waals surface area (Å²) in [5.41, 5.74) is 3.24. The van der Waals surface area contributed by atoms with Crippen LogP contribution in [-0.2, 0) is 4.79 Å². The number of anilines is 1. The summed E-state index contributed by atoms with van der Waals surface area (Å²) in [6.07, 6.45) is 0.445. The van der Waals surface area contributed by atoms with E-state index < -0.39 is 6.10 Å². The van der Waals surface area contributed by atoms with E-state index in [1.54, 1.807) is 4.90 Å². The van der Waals surface area contributed by atoms with Crippen LogP contribution < -0.4 is 4.90 Å². The van der Waals surface area contributed by atoms with E-state index in [2.05, 4.69) is 0 Å². The number of aliphatic hydroxyl groups excluding tert-OH is 1. The fraction of sp³-hybridized carbons (Fsp3) is 0.462. The maximum atomic E-state index is 11.8. The summed E-state index contributed by atoms with van der Waals surface area (Å²) in [5.74, 6) is 0.0208. The Hall–Kier alpha value is -1.35. The van der Waals surface area contributed by atoms with Crippen molar-refractivity contribution < 1.29 is 9.90 Å². The van der Waals surface area contributed by atoms with E-state index in [4.69, 9.17) is 0 Å². The first-order valence-electron chi connectivity index (χ1n) is 5.63. The van der Waals surface area contributed by atoms with Crippen molar-refractivity contribution in [2.75, 3.05) is 11.4 Å². The standard InChI is InChI=1S/C13H17NO2/c1-9-3-4-10(2)12(7-9)14-6-5-11(15)8-13(14)16/h3-4,7,11,15H,5-6,8H2,1-2H3. The van der Waals surface area contributed by atoms with Gasteiger partial charge in [-0.25, -0.2) is 0 Å². The van der Waals surface area contributed by atoms with E-state index in [-0.39, 0.29) is 12.3 Å². The van der Waals surface area contributed by atoms with Gasteiger partial charge in [-0.2, -0.15) is 0 Å². The number of aryl methyl sites for hydroxylation is 2. The van der Waals surface area contributed by atoms with Gasteiger partial charge in [-0.15, -0.1) is 0 Å².